The third kappa shape index (κ3) is 5.04. The van der Waals surface area contributed by atoms with Gasteiger partial charge < -0.3 is 14.7 Å². The van der Waals surface area contributed by atoms with Crippen LogP contribution in [0.3, 0.4) is 0 Å². The van der Waals surface area contributed by atoms with Crippen LogP contribution < -0.4 is 4.72 Å². The minimum Gasteiger partial charge on any atom is -0.480 e. The van der Waals surface area contributed by atoms with Gasteiger partial charge in [0, 0.05) is 6.54 Å². The lowest BCUT2D eigenvalue weighted by Gasteiger charge is -2.26. The van der Waals surface area contributed by atoms with Crippen molar-refractivity contribution in [1.29, 1.82) is 0 Å². The van der Waals surface area contributed by atoms with Crippen LogP contribution in [0.5, 0.6) is 0 Å². The Balaban J connectivity index is 2.28. The number of rotatable bonds is 7. The Morgan fingerprint density at radius 1 is 1.30 bits per heavy atom. The summed E-state index contributed by atoms with van der Waals surface area (Å²) in [6.45, 7) is 1.98. The fourth-order valence-electron chi connectivity index (χ4n) is 2.89. The van der Waals surface area contributed by atoms with Crippen LogP contribution in [0.25, 0.3) is 0 Å². The lowest BCUT2D eigenvalue weighted by molar-refractivity contribution is -0.150. The number of aliphatic carboxylic acids is 1. The number of hydrogen-bond donors (Lipinski definition) is 2. The van der Waals surface area contributed by atoms with Gasteiger partial charge in [-0.3, -0.25) is 9.59 Å². The Morgan fingerprint density at radius 2 is 1.93 bits per heavy atom. The number of likely N-dealkylation sites (tertiary alicyclic amines) is 1. The molecule has 1 saturated heterocycles. The lowest BCUT2D eigenvalue weighted by atomic mass is 10.1. The van der Waals surface area contributed by atoms with Crippen molar-refractivity contribution < 1.29 is 32.6 Å². The molecule has 1 amide bonds. The summed E-state index contributed by atoms with van der Waals surface area (Å²) in [5.41, 5.74) is 0.859. The van der Waals surface area contributed by atoms with Gasteiger partial charge in [0.25, 0.3) is 0 Å². The standard InChI is InChI=1S/C17H22N2O7S/c1-11-5-7-12(8-6-11)27(24,25)18-13(10-15(20)26-2)16(21)19-9-3-4-14(19)17(22)23/h5-8,13-14,18H,3-4,9-10H2,1-2H3,(H,22,23). The SMILES string of the molecule is COC(=O)CC(NS(=O)(=O)c1ccc(C)cc1)C(=O)N1CCCC1C(=O)O. The third-order valence-corrected chi connectivity index (χ3v) is 5.83. The van der Waals surface area contributed by atoms with Crippen LogP contribution in [0.2, 0.25) is 0 Å². The van der Waals surface area contributed by atoms with E-state index < -0.39 is 46.4 Å². The van der Waals surface area contributed by atoms with E-state index in [1.54, 1.807) is 19.1 Å². The zero-order valence-corrected chi connectivity index (χ0v) is 15.9. The number of amides is 1. The highest BCUT2D eigenvalue weighted by Crippen LogP contribution is 2.20. The second-order valence-corrected chi connectivity index (χ2v) is 8.01. The van der Waals surface area contributed by atoms with Gasteiger partial charge in [-0.15, -0.1) is 0 Å². The van der Waals surface area contributed by atoms with E-state index in [9.17, 15) is 27.9 Å². The number of carbonyl (C=O) groups excluding carboxylic acids is 2. The number of carboxylic acid groups (broad SMARTS) is 1. The van der Waals surface area contributed by atoms with E-state index in [1.807, 2.05) is 0 Å². The lowest BCUT2D eigenvalue weighted by Crippen LogP contribution is -2.52. The molecule has 0 aromatic heterocycles. The molecule has 1 aromatic rings. The summed E-state index contributed by atoms with van der Waals surface area (Å²) >= 11 is 0. The number of methoxy groups -OCH3 is 1. The number of nitrogens with zero attached hydrogens (tertiary/aromatic N) is 1. The molecule has 0 radical (unpaired) electrons. The highest BCUT2D eigenvalue weighted by atomic mass is 32.2. The minimum atomic E-state index is -4.10. The van der Waals surface area contributed by atoms with Crippen molar-refractivity contribution >= 4 is 27.9 Å². The van der Waals surface area contributed by atoms with E-state index in [4.69, 9.17) is 0 Å². The monoisotopic (exact) mass is 398 g/mol. The molecule has 1 aromatic carbocycles. The molecule has 27 heavy (non-hydrogen) atoms. The molecular formula is C17H22N2O7S. The first-order valence-electron chi connectivity index (χ1n) is 8.35. The fraction of sp³-hybridized carbons (Fsp3) is 0.471. The maximum absolute atomic E-state index is 12.8. The first kappa shape index (κ1) is 20.8. The highest BCUT2D eigenvalue weighted by Gasteiger charge is 2.39. The predicted octanol–water partition coefficient (Wildman–Crippen LogP) is 0.281. The largest absolute Gasteiger partial charge is 0.480 e. The zero-order chi connectivity index (χ0) is 20.2. The third-order valence-electron chi connectivity index (χ3n) is 4.35. The van der Waals surface area contributed by atoms with Gasteiger partial charge in [0.2, 0.25) is 15.9 Å². The van der Waals surface area contributed by atoms with E-state index in [2.05, 4.69) is 9.46 Å². The molecule has 148 valence electrons. The van der Waals surface area contributed by atoms with E-state index in [0.29, 0.717) is 6.42 Å². The second-order valence-electron chi connectivity index (χ2n) is 6.30. The summed E-state index contributed by atoms with van der Waals surface area (Å²) in [4.78, 5) is 36.8. The number of carbonyl (C=O) groups is 3. The summed E-state index contributed by atoms with van der Waals surface area (Å²) < 4.78 is 32.0. The van der Waals surface area contributed by atoms with Crippen LogP contribution in [0.15, 0.2) is 29.2 Å². The summed E-state index contributed by atoms with van der Waals surface area (Å²) in [7, 11) is -2.98. The van der Waals surface area contributed by atoms with E-state index in [-0.39, 0.29) is 17.9 Å². The van der Waals surface area contributed by atoms with Crippen molar-refractivity contribution in [2.45, 2.75) is 43.2 Å². The predicted molar refractivity (Wildman–Crippen MR) is 94.3 cm³/mol. The number of nitrogens with one attached hydrogen (secondary N) is 1. The van der Waals surface area contributed by atoms with Gasteiger partial charge in [-0.1, -0.05) is 17.7 Å². The smallest absolute Gasteiger partial charge is 0.326 e. The first-order valence-corrected chi connectivity index (χ1v) is 9.83. The Hall–Kier alpha value is -2.46. The maximum atomic E-state index is 12.8. The van der Waals surface area contributed by atoms with Gasteiger partial charge in [0.15, 0.2) is 0 Å². The molecule has 2 rings (SSSR count). The molecule has 0 saturated carbocycles. The van der Waals surface area contributed by atoms with Crippen molar-refractivity contribution in [3.8, 4) is 0 Å². The average molecular weight is 398 g/mol. The van der Waals surface area contributed by atoms with Crippen molar-refractivity contribution in [2.24, 2.45) is 0 Å². The van der Waals surface area contributed by atoms with Crippen molar-refractivity contribution in [3.05, 3.63) is 29.8 Å². The van der Waals surface area contributed by atoms with E-state index in [0.717, 1.165) is 17.6 Å². The molecule has 1 fully saturated rings. The van der Waals surface area contributed by atoms with Gasteiger partial charge in [-0.05, 0) is 31.9 Å². The van der Waals surface area contributed by atoms with Crippen LogP contribution in [-0.4, -0.2) is 62.0 Å². The minimum absolute atomic E-state index is 0.0630. The quantitative estimate of drug-likeness (QED) is 0.631. The molecule has 1 heterocycles. The van der Waals surface area contributed by atoms with Crippen LogP contribution in [0.1, 0.15) is 24.8 Å². The number of sulfonamides is 1. The highest BCUT2D eigenvalue weighted by molar-refractivity contribution is 7.89. The average Bonchev–Trinajstić information content (AvgIpc) is 3.10. The second kappa shape index (κ2) is 8.49. The molecule has 2 N–H and O–H groups in total. The maximum Gasteiger partial charge on any atom is 0.326 e. The molecule has 1 aliphatic rings. The molecule has 0 aliphatic carbocycles. The molecule has 2 atom stereocenters. The Bertz CT molecular complexity index is 820. The number of carboxylic acids is 1. The number of aryl methyl sites for hydroxylation is 1. The molecule has 0 spiro atoms. The van der Waals surface area contributed by atoms with Gasteiger partial charge in [-0.25, -0.2) is 13.2 Å². The van der Waals surface area contributed by atoms with E-state index in [1.165, 1.54) is 12.1 Å². The summed E-state index contributed by atoms with van der Waals surface area (Å²) in [6, 6.07) is 3.48. The number of hydrogen-bond acceptors (Lipinski definition) is 6. The molecule has 0 bridgehead atoms. The zero-order valence-electron chi connectivity index (χ0n) is 15.0. The summed E-state index contributed by atoms with van der Waals surface area (Å²) in [6.07, 6.45) is 0.221. The Kier molecular flexibility index (Phi) is 6.55. The van der Waals surface area contributed by atoms with Crippen LogP contribution in [0.4, 0.5) is 0 Å². The molecule has 10 heteroatoms. The van der Waals surface area contributed by atoms with Crippen molar-refractivity contribution in [1.82, 2.24) is 9.62 Å². The van der Waals surface area contributed by atoms with Gasteiger partial charge >= 0.3 is 11.9 Å². The number of esters is 1. The molecule has 9 nitrogen and oxygen atoms in total. The van der Waals surface area contributed by atoms with Crippen LogP contribution in [0, 0.1) is 6.92 Å². The van der Waals surface area contributed by atoms with Crippen molar-refractivity contribution in [2.75, 3.05) is 13.7 Å². The topological polar surface area (TPSA) is 130 Å². The Morgan fingerprint density at radius 3 is 2.48 bits per heavy atom. The summed E-state index contributed by atoms with van der Waals surface area (Å²) in [5, 5.41) is 9.25. The normalized spacial score (nSPS) is 18.1. The number of ether oxygens (including phenoxy) is 1. The van der Waals surface area contributed by atoms with Gasteiger partial charge in [0.1, 0.15) is 12.1 Å². The molecule has 2 unspecified atom stereocenters. The van der Waals surface area contributed by atoms with Crippen LogP contribution in [-0.2, 0) is 29.1 Å². The van der Waals surface area contributed by atoms with Gasteiger partial charge in [0.05, 0.1) is 18.4 Å². The molecular weight excluding hydrogens is 376 g/mol. The summed E-state index contributed by atoms with van der Waals surface area (Å²) in [5.74, 6) is -2.72. The fourth-order valence-corrected chi connectivity index (χ4v) is 4.08. The Labute approximate surface area is 157 Å². The first-order chi connectivity index (χ1) is 12.7. The van der Waals surface area contributed by atoms with Gasteiger partial charge in [-0.2, -0.15) is 4.72 Å². The van der Waals surface area contributed by atoms with Crippen LogP contribution >= 0.6 is 0 Å². The van der Waals surface area contributed by atoms with Crippen molar-refractivity contribution in [3.63, 3.8) is 0 Å². The molecule has 1 aliphatic heterocycles. The van der Waals surface area contributed by atoms with E-state index >= 15 is 0 Å². The number of benzene rings is 1.